The minimum absolute atomic E-state index is 0.151. The van der Waals surface area contributed by atoms with E-state index in [1.165, 1.54) is 11.1 Å². The summed E-state index contributed by atoms with van der Waals surface area (Å²) in [5.74, 6) is 1.14. The third-order valence-corrected chi connectivity index (χ3v) is 5.47. The summed E-state index contributed by atoms with van der Waals surface area (Å²) in [6, 6.07) is 20.7. The standard InChI is InChI=1S/C20H24O2S/c1-16-20(22-15-18-10-6-3-7-11-18)19(12-13-23-16)21-14-17-8-4-2-5-9-17/h2-11,16,19-20H,12-15H2,1H3/t16-,19+,20+/m1/s1. The molecule has 23 heavy (non-hydrogen) atoms. The predicted molar refractivity (Wildman–Crippen MR) is 96.6 cm³/mol. The molecule has 2 aromatic carbocycles. The molecule has 0 aliphatic carbocycles. The summed E-state index contributed by atoms with van der Waals surface area (Å²) < 4.78 is 12.4. The average Bonchev–Trinajstić information content (AvgIpc) is 2.61. The van der Waals surface area contributed by atoms with Crippen molar-refractivity contribution in [3.8, 4) is 0 Å². The van der Waals surface area contributed by atoms with Gasteiger partial charge in [-0.15, -0.1) is 0 Å². The first-order valence-electron chi connectivity index (χ1n) is 8.25. The fourth-order valence-electron chi connectivity index (χ4n) is 2.90. The van der Waals surface area contributed by atoms with Crippen LogP contribution in [-0.2, 0) is 22.7 Å². The molecule has 3 atom stereocenters. The third-order valence-electron chi connectivity index (χ3n) is 4.20. The van der Waals surface area contributed by atoms with Gasteiger partial charge in [0.2, 0.25) is 0 Å². The summed E-state index contributed by atoms with van der Waals surface area (Å²) in [6.45, 7) is 3.56. The van der Waals surface area contributed by atoms with E-state index in [0.29, 0.717) is 18.5 Å². The van der Waals surface area contributed by atoms with Gasteiger partial charge in [-0.1, -0.05) is 67.6 Å². The van der Waals surface area contributed by atoms with Gasteiger partial charge in [-0.3, -0.25) is 0 Å². The lowest BCUT2D eigenvalue weighted by Crippen LogP contribution is -2.42. The molecule has 1 saturated heterocycles. The van der Waals surface area contributed by atoms with E-state index in [2.05, 4.69) is 55.5 Å². The second kappa shape index (κ2) is 8.53. The highest BCUT2D eigenvalue weighted by atomic mass is 32.2. The summed E-state index contributed by atoms with van der Waals surface area (Å²) in [7, 11) is 0. The Balaban J connectivity index is 1.58. The molecule has 2 aromatic rings. The molecule has 0 bridgehead atoms. The lowest BCUT2D eigenvalue weighted by Gasteiger charge is -2.35. The number of benzene rings is 2. The van der Waals surface area contributed by atoms with Crippen molar-refractivity contribution < 1.29 is 9.47 Å². The maximum Gasteiger partial charge on any atom is 0.0957 e. The van der Waals surface area contributed by atoms with Gasteiger partial charge >= 0.3 is 0 Å². The van der Waals surface area contributed by atoms with E-state index in [-0.39, 0.29) is 12.2 Å². The van der Waals surface area contributed by atoms with Crippen LogP contribution in [0, 0.1) is 0 Å². The van der Waals surface area contributed by atoms with Crippen LogP contribution >= 0.6 is 11.8 Å². The molecule has 3 rings (SSSR count). The molecule has 0 N–H and O–H groups in total. The predicted octanol–water partition coefficient (Wildman–Crippen LogP) is 4.68. The van der Waals surface area contributed by atoms with Crippen molar-refractivity contribution in [2.45, 2.75) is 44.0 Å². The highest BCUT2D eigenvalue weighted by Crippen LogP contribution is 2.30. The molecule has 0 saturated carbocycles. The lowest BCUT2D eigenvalue weighted by molar-refractivity contribution is -0.0875. The molecular weight excluding hydrogens is 304 g/mol. The van der Waals surface area contributed by atoms with Crippen LogP contribution in [0.3, 0.4) is 0 Å². The Morgan fingerprint density at radius 1 is 0.870 bits per heavy atom. The van der Waals surface area contributed by atoms with E-state index in [1.807, 2.05) is 23.9 Å². The number of hydrogen-bond acceptors (Lipinski definition) is 3. The smallest absolute Gasteiger partial charge is 0.0957 e. The topological polar surface area (TPSA) is 18.5 Å². The van der Waals surface area contributed by atoms with Crippen LogP contribution in [-0.4, -0.2) is 23.2 Å². The van der Waals surface area contributed by atoms with E-state index < -0.39 is 0 Å². The van der Waals surface area contributed by atoms with Crippen molar-refractivity contribution >= 4 is 11.8 Å². The van der Waals surface area contributed by atoms with Crippen molar-refractivity contribution in [3.05, 3.63) is 71.8 Å². The lowest BCUT2D eigenvalue weighted by atomic mass is 10.1. The highest BCUT2D eigenvalue weighted by molar-refractivity contribution is 7.99. The third kappa shape index (κ3) is 4.84. The summed E-state index contributed by atoms with van der Waals surface area (Å²) in [4.78, 5) is 0. The van der Waals surface area contributed by atoms with Crippen LogP contribution in [0.25, 0.3) is 0 Å². The number of rotatable bonds is 6. The highest BCUT2D eigenvalue weighted by Gasteiger charge is 2.32. The molecular formula is C20H24O2S. The number of hydrogen-bond donors (Lipinski definition) is 0. The van der Waals surface area contributed by atoms with Crippen molar-refractivity contribution in [3.63, 3.8) is 0 Å². The zero-order chi connectivity index (χ0) is 15.9. The summed E-state index contributed by atoms with van der Waals surface area (Å²) in [5.41, 5.74) is 2.44. The summed E-state index contributed by atoms with van der Waals surface area (Å²) >= 11 is 1.98. The van der Waals surface area contributed by atoms with E-state index in [4.69, 9.17) is 9.47 Å². The monoisotopic (exact) mass is 328 g/mol. The Morgan fingerprint density at radius 2 is 1.43 bits per heavy atom. The molecule has 1 fully saturated rings. The van der Waals surface area contributed by atoms with Crippen LogP contribution in [0.4, 0.5) is 0 Å². The molecule has 2 nitrogen and oxygen atoms in total. The van der Waals surface area contributed by atoms with Gasteiger partial charge < -0.3 is 9.47 Å². The molecule has 0 aromatic heterocycles. The van der Waals surface area contributed by atoms with Gasteiger partial charge in [0.05, 0.1) is 25.4 Å². The molecule has 122 valence electrons. The fourth-order valence-corrected chi connectivity index (χ4v) is 4.08. The first kappa shape index (κ1) is 16.6. The molecule has 0 radical (unpaired) electrons. The summed E-state index contributed by atoms with van der Waals surface area (Å²) in [6.07, 6.45) is 1.38. The Hall–Kier alpha value is -1.29. The van der Waals surface area contributed by atoms with E-state index in [0.717, 1.165) is 12.2 Å². The van der Waals surface area contributed by atoms with Gasteiger partial charge in [-0.05, 0) is 23.3 Å². The average molecular weight is 328 g/mol. The van der Waals surface area contributed by atoms with E-state index in [1.54, 1.807) is 0 Å². The quantitative estimate of drug-likeness (QED) is 0.767. The van der Waals surface area contributed by atoms with Gasteiger partial charge in [0.15, 0.2) is 0 Å². The molecule has 0 spiro atoms. The Kier molecular flexibility index (Phi) is 6.14. The van der Waals surface area contributed by atoms with E-state index >= 15 is 0 Å². The SMILES string of the molecule is C[C@H]1SCC[C@H](OCc2ccccc2)[C@H]1OCc1ccccc1. The largest absolute Gasteiger partial charge is 0.371 e. The second-order valence-corrected chi connectivity index (χ2v) is 7.45. The Bertz CT molecular complexity index is 573. The van der Waals surface area contributed by atoms with Gasteiger partial charge in [0.25, 0.3) is 0 Å². The van der Waals surface area contributed by atoms with Crippen molar-refractivity contribution in [1.82, 2.24) is 0 Å². The molecule has 1 aliphatic heterocycles. The van der Waals surface area contributed by atoms with Crippen LogP contribution < -0.4 is 0 Å². The zero-order valence-corrected chi connectivity index (χ0v) is 14.4. The maximum atomic E-state index is 6.24. The van der Waals surface area contributed by atoms with Gasteiger partial charge in [0.1, 0.15) is 0 Å². The van der Waals surface area contributed by atoms with Gasteiger partial charge in [-0.2, -0.15) is 11.8 Å². The maximum absolute atomic E-state index is 6.24. The Morgan fingerprint density at radius 3 is 2.04 bits per heavy atom. The van der Waals surface area contributed by atoms with Crippen LogP contribution in [0.15, 0.2) is 60.7 Å². The first-order chi connectivity index (χ1) is 11.3. The number of ether oxygens (including phenoxy) is 2. The van der Waals surface area contributed by atoms with Crippen LogP contribution in [0.1, 0.15) is 24.5 Å². The number of thioether (sulfide) groups is 1. The van der Waals surface area contributed by atoms with Crippen molar-refractivity contribution in [2.24, 2.45) is 0 Å². The molecule has 3 heteroatoms. The summed E-state index contributed by atoms with van der Waals surface area (Å²) in [5, 5.41) is 0.466. The van der Waals surface area contributed by atoms with Gasteiger partial charge in [0, 0.05) is 5.25 Å². The Labute approximate surface area is 143 Å². The van der Waals surface area contributed by atoms with Crippen LogP contribution in [0.5, 0.6) is 0 Å². The van der Waals surface area contributed by atoms with Crippen LogP contribution in [0.2, 0.25) is 0 Å². The first-order valence-corrected chi connectivity index (χ1v) is 9.30. The fraction of sp³-hybridized carbons (Fsp3) is 0.400. The minimum Gasteiger partial charge on any atom is -0.371 e. The second-order valence-electron chi connectivity index (χ2n) is 5.96. The van der Waals surface area contributed by atoms with Crippen molar-refractivity contribution in [1.29, 1.82) is 0 Å². The minimum atomic E-state index is 0.151. The molecule has 0 unspecified atom stereocenters. The van der Waals surface area contributed by atoms with E-state index in [9.17, 15) is 0 Å². The van der Waals surface area contributed by atoms with Crippen molar-refractivity contribution in [2.75, 3.05) is 5.75 Å². The normalized spacial score (nSPS) is 24.5. The van der Waals surface area contributed by atoms with Gasteiger partial charge in [-0.25, -0.2) is 0 Å². The molecule has 1 heterocycles. The molecule has 1 aliphatic rings. The zero-order valence-electron chi connectivity index (χ0n) is 13.6. The molecule has 0 amide bonds.